The SMILES string of the molecule is c1ccc(-c2c3c(c(-c4ccc5c(c4)c4ccccc4c4cc6c7c8ccccc8ccc7n(-c7ccccc7)c6cc54)c4ccccc24)CCCC3)cc1. The molecule has 55 heavy (non-hydrogen) atoms. The quantitative estimate of drug-likeness (QED) is 0.162. The highest BCUT2D eigenvalue weighted by molar-refractivity contribution is 6.31. The maximum absolute atomic E-state index is 2.51. The molecule has 0 amide bonds. The minimum atomic E-state index is 1.11. The molecule has 0 spiro atoms. The van der Waals surface area contributed by atoms with Crippen molar-refractivity contribution in [2.75, 3.05) is 0 Å². The molecule has 1 aliphatic rings. The van der Waals surface area contributed by atoms with Crippen LogP contribution in [0.1, 0.15) is 24.0 Å². The van der Waals surface area contributed by atoms with Gasteiger partial charge in [0, 0.05) is 16.5 Å². The van der Waals surface area contributed by atoms with Crippen molar-refractivity contribution in [2.24, 2.45) is 0 Å². The van der Waals surface area contributed by atoms with Crippen molar-refractivity contribution in [1.29, 1.82) is 0 Å². The molecule has 0 aliphatic heterocycles. The number of para-hydroxylation sites is 1. The highest BCUT2D eigenvalue weighted by atomic mass is 15.0. The van der Waals surface area contributed by atoms with Crippen LogP contribution in [0.15, 0.2) is 176 Å². The molecule has 10 aromatic carbocycles. The topological polar surface area (TPSA) is 4.93 Å². The Bertz CT molecular complexity index is 3350. The van der Waals surface area contributed by atoms with Gasteiger partial charge in [-0.15, -0.1) is 0 Å². The van der Waals surface area contributed by atoms with E-state index in [4.69, 9.17) is 0 Å². The molecular weight excluding hydrogens is 663 g/mol. The number of benzene rings is 10. The zero-order valence-electron chi connectivity index (χ0n) is 30.5. The summed E-state index contributed by atoms with van der Waals surface area (Å²) < 4.78 is 2.47. The Hall–Kier alpha value is -6.70. The first-order chi connectivity index (χ1) is 27.3. The van der Waals surface area contributed by atoms with Crippen molar-refractivity contribution >= 4 is 75.7 Å². The molecule has 1 heteroatoms. The summed E-state index contributed by atoms with van der Waals surface area (Å²) in [6, 6.07) is 65.9. The molecule has 0 N–H and O–H groups in total. The molecule has 0 fully saturated rings. The third-order valence-electron chi connectivity index (χ3n) is 12.5. The minimum Gasteiger partial charge on any atom is -0.309 e. The molecule has 0 saturated carbocycles. The second-order valence-electron chi connectivity index (χ2n) is 15.4. The van der Waals surface area contributed by atoms with Crippen molar-refractivity contribution in [3.05, 3.63) is 187 Å². The lowest BCUT2D eigenvalue weighted by molar-refractivity contribution is 0.689. The van der Waals surface area contributed by atoms with Crippen molar-refractivity contribution in [1.82, 2.24) is 4.57 Å². The Balaban J connectivity index is 1.19. The van der Waals surface area contributed by atoms with Gasteiger partial charge >= 0.3 is 0 Å². The van der Waals surface area contributed by atoms with Crippen molar-refractivity contribution in [3.63, 3.8) is 0 Å². The van der Waals surface area contributed by atoms with Gasteiger partial charge in [0.1, 0.15) is 0 Å². The van der Waals surface area contributed by atoms with Gasteiger partial charge in [0.05, 0.1) is 11.0 Å². The van der Waals surface area contributed by atoms with E-state index < -0.39 is 0 Å². The maximum atomic E-state index is 2.51. The highest BCUT2D eigenvalue weighted by Gasteiger charge is 2.24. The van der Waals surface area contributed by atoms with Crippen LogP contribution in [-0.4, -0.2) is 4.57 Å². The largest absolute Gasteiger partial charge is 0.309 e. The molecule has 0 radical (unpaired) electrons. The normalized spacial score (nSPS) is 13.2. The summed E-state index contributed by atoms with van der Waals surface area (Å²) in [5.74, 6) is 0. The average molecular weight is 700 g/mol. The molecule has 12 rings (SSSR count). The highest BCUT2D eigenvalue weighted by Crippen LogP contribution is 2.47. The van der Waals surface area contributed by atoms with E-state index >= 15 is 0 Å². The Kier molecular flexibility index (Phi) is 6.65. The van der Waals surface area contributed by atoms with E-state index in [0.29, 0.717) is 0 Å². The molecule has 11 aromatic rings. The van der Waals surface area contributed by atoms with E-state index in [1.165, 1.54) is 122 Å². The zero-order chi connectivity index (χ0) is 36.0. The number of fused-ring (bicyclic) bond motifs is 13. The van der Waals surface area contributed by atoms with Crippen LogP contribution < -0.4 is 0 Å². The molecule has 1 nitrogen and oxygen atoms in total. The van der Waals surface area contributed by atoms with E-state index in [1.807, 2.05) is 0 Å². The van der Waals surface area contributed by atoms with Gasteiger partial charge < -0.3 is 4.57 Å². The standard InChI is InChI=1S/C54H37N/c1-3-16-35(17-4-1)52-42-23-11-13-25-44(42)53(45-26-14-12-24-43(45)52)36-27-29-41-46(31-36)39-21-9-10-22-40(39)47-32-49-51(33-48(41)47)55(37-18-5-2-6-19-37)50-30-28-34-15-7-8-20-38(34)54(49)50/h1-11,13,15-23,25,27-33H,12,14,24,26H2. The number of rotatable bonds is 3. The number of hydrogen-bond donors (Lipinski definition) is 0. The van der Waals surface area contributed by atoms with E-state index in [-0.39, 0.29) is 0 Å². The lowest BCUT2D eigenvalue weighted by Crippen LogP contribution is -2.08. The molecular formula is C54H37N. The fourth-order valence-corrected chi connectivity index (χ4v) is 10.2. The van der Waals surface area contributed by atoms with E-state index in [0.717, 1.165) is 12.8 Å². The molecule has 1 aliphatic carbocycles. The lowest BCUT2D eigenvalue weighted by Gasteiger charge is -2.26. The summed E-state index contributed by atoms with van der Waals surface area (Å²) in [5, 5.41) is 15.7. The first-order valence-electron chi connectivity index (χ1n) is 19.7. The summed E-state index contributed by atoms with van der Waals surface area (Å²) in [7, 11) is 0. The van der Waals surface area contributed by atoms with Gasteiger partial charge in [0.25, 0.3) is 0 Å². The van der Waals surface area contributed by atoms with Crippen LogP contribution >= 0.6 is 0 Å². The Morgan fingerprint density at radius 1 is 0.327 bits per heavy atom. The number of nitrogens with zero attached hydrogens (tertiary/aromatic N) is 1. The molecule has 0 atom stereocenters. The van der Waals surface area contributed by atoms with E-state index in [2.05, 4.69) is 180 Å². The van der Waals surface area contributed by atoms with Crippen molar-refractivity contribution < 1.29 is 0 Å². The van der Waals surface area contributed by atoms with Gasteiger partial charge in [-0.05, 0) is 149 Å². The molecule has 0 unspecified atom stereocenters. The van der Waals surface area contributed by atoms with Crippen LogP contribution in [0, 0.1) is 0 Å². The smallest absolute Gasteiger partial charge is 0.0547 e. The van der Waals surface area contributed by atoms with E-state index in [9.17, 15) is 0 Å². The Morgan fingerprint density at radius 3 is 1.58 bits per heavy atom. The molecule has 0 saturated heterocycles. The first-order valence-corrected chi connectivity index (χ1v) is 19.7. The fraction of sp³-hybridized carbons (Fsp3) is 0.0741. The molecule has 1 aromatic heterocycles. The van der Waals surface area contributed by atoms with E-state index in [1.54, 1.807) is 5.56 Å². The number of hydrogen-bond acceptors (Lipinski definition) is 0. The van der Waals surface area contributed by atoms with Crippen LogP contribution in [-0.2, 0) is 12.8 Å². The Labute approximate surface area is 319 Å². The maximum Gasteiger partial charge on any atom is 0.0547 e. The summed E-state index contributed by atoms with van der Waals surface area (Å²) in [6.45, 7) is 0. The minimum absolute atomic E-state index is 1.11. The lowest BCUT2D eigenvalue weighted by atomic mass is 9.77. The average Bonchev–Trinajstić information content (AvgIpc) is 3.59. The predicted octanol–water partition coefficient (Wildman–Crippen LogP) is 14.8. The van der Waals surface area contributed by atoms with Crippen LogP contribution in [0.25, 0.3) is 104 Å². The fourth-order valence-electron chi connectivity index (χ4n) is 10.2. The van der Waals surface area contributed by atoms with Crippen molar-refractivity contribution in [3.8, 4) is 27.9 Å². The third-order valence-corrected chi connectivity index (χ3v) is 12.5. The summed E-state index contributed by atoms with van der Waals surface area (Å²) in [4.78, 5) is 0. The second kappa shape index (κ2) is 11.9. The summed E-state index contributed by atoms with van der Waals surface area (Å²) >= 11 is 0. The van der Waals surface area contributed by atoms with Crippen LogP contribution in [0.4, 0.5) is 0 Å². The van der Waals surface area contributed by atoms with Gasteiger partial charge in [-0.2, -0.15) is 0 Å². The van der Waals surface area contributed by atoms with Gasteiger partial charge in [0.15, 0.2) is 0 Å². The molecule has 258 valence electrons. The van der Waals surface area contributed by atoms with Gasteiger partial charge in [-0.25, -0.2) is 0 Å². The third kappa shape index (κ3) is 4.47. The number of aromatic nitrogens is 1. The predicted molar refractivity (Wildman–Crippen MR) is 236 cm³/mol. The second-order valence-corrected chi connectivity index (χ2v) is 15.4. The van der Waals surface area contributed by atoms with Crippen LogP contribution in [0.2, 0.25) is 0 Å². The van der Waals surface area contributed by atoms with Gasteiger partial charge in [0.2, 0.25) is 0 Å². The van der Waals surface area contributed by atoms with Gasteiger partial charge in [-0.1, -0.05) is 140 Å². The Morgan fingerprint density at radius 2 is 0.873 bits per heavy atom. The summed E-state index contributed by atoms with van der Waals surface area (Å²) in [6.07, 6.45) is 4.71. The van der Waals surface area contributed by atoms with Crippen molar-refractivity contribution in [2.45, 2.75) is 25.7 Å². The molecule has 0 bridgehead atoms. The molecule has 1 heterocycles. The summed E-state index contributed by atoms with van der Waals surface area (Å²) in [5.41, 5.74) is 12.2. The van der Waals surface area contributed by atoms with Gasteiger partial charge in [-0.3, -0.25) is 0 Å². The monoisotopic (exact) mass is 699 g/mol. The first kappa shape index (κ1) is 30.7. The van der Waals surface area contributed by atoms with Crippen LogP contribution in [0.3, 0.4) is 0 Å². The van der Waals surface area contributed by atoms with Crippen LogP contribution in [0.5, 0.6) is 0 Å². The zero-order valence-corrected chi connectivity index (χ0v) is 30.5.